The first kappa shape index (κ1) is 21.1. The van der Waals surface area contributed by atoms with Gasteiger partial charge >= 0.3 is 0 Å². The number of aliphatic hydroxyl groups excluding tert-OH is 1. The smallest absolute Gasteiger partial charge is 0.254 e. The number of amides is 2. The van der Waals surface area contributed by atoms with Gasteiger partial charge in [-0.25, -0.2) is 0 Å². The van der Waals surface area contributed by atoms with E-state index in [1.807, 2.05) is 18.2 Å². The average molecular weight is 440 g/mol. The first-order valence-electron chi connectivity index (χ1n) is 11.1. The minimum atomic E-state index is -0.258. The lowest BCUT2D eigenvalue weighted by atomic mass is 9.73. The van der Waals surface area contributed by atoms with Crippen LogP contribution < -0.4 is 0 Å². The number of carbonyl (C=O) groups is 2. The van der Waals surface area contributed by atoms with Gasteiger partial charge in [0.2, 0.25) is 5.91 Å². The van der Waals surface area contributed by atoms with Crippen LogP contribution in [0, 0.1) is 0 Å². The lowest BCUT2D eigenvalue weighted by Crippen LogP contribution is -2.73. The molecule has 0 bridgehead atoms. The van der Waals surface area contributed by atoms with Crippen molar-refractivity contribution in [1.29, 1.82) is 0 Å². The molecule has 1 aromatic heterocycles. The summed E-state index contributed by atoms with van der Waals surface area (Å²) in [5.41, 5.74) is 3.80. The van der Waals surface area contributed by atoms with Gasteiger partial charge in [0.15, 0.2) is 0 Å². The van der Waals surface area contributed by atoms with Crippen molar-refractivity contribution in [3.05, 3.63) is 101 Å². The topological polar surface area (TPSA) is 73.7 Å². The van der Waals surface area contributed by atoms with Gasteiger partial charge in [-0.1, -0.05) is 66.7 Å². The summed E-state index contributed by atoms with van der Waals surface area (Å²) in [4.78, 5) is 33.1. The minimum Gasteiger partial charge on any atom is -0.394 e. The summed E-state index contributed by atoms with van der Waals surface area (Å²) in [6, 6.07) is 21.3. The van der Waals surface area contributed by atoms with Crippen molar-refractivity contribution in [2.45, 2.75) is 18.0 Å². The van der Waals surface area contributed by atoms with Gasteiger partial charge in [0, 0.05) is 30.4 Å². The molecule has 33 heavy (non-hydrogen) atoms. The van der Waals surface area contributed by atoms with Crippen LogP contribution in [0.1, 0.15) is 33.0 Å². The molecule has 3 atom stereocenters. The predicted octanol–water partition coefficient (Wildman–Crippen LogP) is 3.06. The lowest BCUT2D eigenvalue weighted by molar-refractivity contribution is -0.159. The summed E-state index contributed by atoms with van der Waals surface area (Å²) in [6.45, 7) is 0.384. The van der Waals surface area contributed by atoms with Gasteiger partial charge in [-0.05, 0) is 28.8 Å². The Bertz CT molecular complexity index is 1160. The van der Waals surface area contributed by atoms with Crippen LogP contribution in [0.3, 0.4) is 0 Å². The maximum absolute atomic E-state index is 12.9. The van der Waals surface area contributed by atoms with Crippen molar-refractivity contribution in [3.8, 4) is 0 Å². The number of piperazine rings is 1. The molecule has 2 saturated heterocycles. The van der Waals surface area contributed by atoms with E-state index in [-0.39, 0.29) is 43.0 Å². The fourth-order valence-electron chi connectivity index (χ4n) is 4.92. The highest BCUT2D eigenvalue weighted by atomic mass is 16.3. The van der Waals surface area contributed by atoms with E-state index in [4.69, 9.17) is 0 Å². The van der Waals surface area contributed by atoms with Gasteiger partial charge < -0.3 is 14.9 Å². The average Bonchev–Trinajstić information content (AvgIpc) is 2.85. The van der Waals surface area contributed by atoms with Gasteiger partial charge in [0.1, 0.15) is 6.54 Å². The van der Waals surface area contributed by atoms with Gasteiger partial charge in [-0.3, -0.25) is 14.6 Å². The number of fused-ring (bicyclic) bond motifs is 1. The Morgan fingerprint density at radius 3 is 2.30 bits per heavy atom. The third-order valence-corrected chi connectivity index (χ3v) is 6.56. The van der Waals surface area contributed by atoms with E-state index in [1.165, 1.54) is 0 Å². The Balaban J connectivity index is 1.34. The van der Waals surface area contributed by atoms with Crippen molar-refractivity contribution >= 4 is 24.0 Å². The molecule has 5 rings (SSSR count). The molecule has 1 N–H and O–H groups in total. The molecule has 0 unspecified atom stereocenters. The highest BCUT2D eigenvalue weighted by molar-refractivity contribution is 5.97. The van der Waals surface area contributed by atoms with Crippen LogP contribution in [-0.4, -0.2) is 63.5 Å². The molecular formula is C27H25N3O3. The fraction of sp³-hybridized carbons (Fsp3) is 0.222. The fourth-order valence-corrected chi connectivity index (χ4v) is 4.92. The number of hydrogen-bond donors (Lipinski definition) is 1. The molecule has 2 aliphatic heterocycles. The Labute approximate surface area is 192 Å². The summed E-state index contributed by atoms with van der Waals surface area (Å²) in [7, 11) is 0. The van der Waals surface area contributed by atoms with Crippen LogP contribution in [0.5, 0.6) is 0 Å². The predicted molar refractivity (Wildman–Crippen MR) is 126 cm³/mol. The van der Waals surface area contributed by atoms with E-state index in [2.05, 4.69) is 53.5 Å². The number of nitrogens with zero attached hydrogens (tertiary/aromatic N) is 3. The molecule has 2 aromatic carbocycles. The molecule has 2 fully saturated rings. The third kappa shape index (κ3) is 4.05. The zero-order valence-corrected chi connectivity index (χ0v) is 18.1. The Hall–Kier alpha value is -3.77. The summed E-state index contributed by atoms with van der Waals surface area (Å²) < 4.78 is 0. The Morgan fingerprint density at radius 1 is 0.970 bits per heavy atom. The van der Waals surface area contributed by atoms with Gasteiger partial charge in [0.05, 0.1) is 18.7 Å². The number of pyridine rings is 1. The second-order valence-electron chi connectivity index (χ2n) is 8.48. The van der Waals surface area contributed by atoms with E-state index in [0.717, 1.165) is 16.7 Å². The van der Waals surface area contributed by atoms with Crippen LogP contribution in [0.25, 0.3) is 12.2 Å². The number of aromatic nitrogens is 1. The lowest BCUT2D eigenvalue weighted by Gasteiger charge is -2.58. The van der Waals surface area contributed by atoms with Crippen molar-refractivity contribution < 1.29 is 14.7 Å². The van der Waals surface area contributed by atoms with Crippen molar-refractivity contribution in [1.82, 2.24) is 14.8 Å². The van der Waals surface area contributed by atoms with Crippen molar-refractivity contribution in [2.24, 2.45) is 0 Å². The van der Waals surface area contributed by atoms with Gasteiger partial charge in [0.25, 0.3) is 5.91 Å². The van der Waals surface area contributed by atoms with Crippen LogP contribution >= 0.6 is 0 Å². The van der Waals surface area contributed by atoms with E-state index >= 15 is 0 Å². The summed E-state index contributed by atoms with van der Waals surface area (Å²) in [5, 5.41) is 10.00. The van der Waals surface area contributed by atoms with Crippen molar-refractivity contribution in [3.63, 3.8) is 0 Å². The van der Waals surface area contributed by atoms with Crippen molar-refractivity contribution in [2.75, 3.05) is 19.7 Å². The maximum Gasteiger partial charge on any atom is 0.254 e. The van der Waals surface area contributed by atoms with E-state index < -0.39 is 0 Å². The molecule has 6 heteroatoms. The molecule has 0 saturated carbocycles. The largest absolute Gasteiger partial charge is 0.394 e. The normalized spacial score (nSPS) is 22.2. The number of aliphatic hydroxyl groups is 1. The zero-order valence-electron chi connectivity index (χ0n) is 18.1. The Morgan fingerprint density at radius 2 is 1.64 bits per heavy atom. The molecule has 0 radical (unpaired) electrons. The molecule has 2 aliphatic rings. The molecule has 166 valence electrons. The van der Waals surface area contributed by atoms with Crippen LogP contribution in [0.4, 0.5) is 0 Å². The standard InChI is InChI=1S/C27H25N3O3/c31-18-24-26(21-10-8-20(9-11-21)7-6-19-4-2-1-3-5-19)23-16-29(17-25(32)30(23)24)27(33)22-12-14-28-15-13-22/h1-15,23-24,26,31H,16-18H2/b7-6+/t23-,24-,26+/m1/s1. The van der Waals surface area contributed by atoms with E-state index in [1.54, 1.807) is 34.3 Å². The zero-order chi connectivity index (χ0) is 22.8. The molecule has 6 nitrogen and oxygen atoms in total. The molecule has 0 aliphatic carbocycles. The Kier molecular flexibility index (Phi) is 5.75. The first-order chi connectivity index (χ1) is 16.2. The molecule has 3 aromatic rings. The van der Waals surface area contributed by atoms with Gasteiger partial charge in [-0.15, -0.1) is 0 Å². The number of hydrogen-bond acceptors (Lipinski definition) is 4. The third-order valence-electron chi connectivity index (χ3n) is 6.56. The first-order valence-corrected chi connectivity index (χ1v) is 11.1. The second-order valence-corrected chi connectivity index (χ2v) is 8.48. The molecule has 3 heterocycles. The van der Waals surface area contributed by atoms with E-state index in [0.29, 0.717) is 12.1 Å². The van der Waals surface area contributed by atoms with Crippen LogP contribution in [0.2, 0.25) is 0 Å². The van der Waals surface area contributed by atoms with E-state index in [9.17, 15) is 14.7 Å². The van der Waals surface area contributed by atoms with Crippen LogP contribution in [-0.2, 0) is 4.79 Å². The molecule has 0 spiro atoms. The second kappa shape index (κ2) is 9.00. The van der Waals surface area contributed by atoms with Gasteiger partial charge in [-0.2, -0.15) is 0 Å². The monoisotopic (exact) mass is 439 g/mol. The highest BCUT2D eigenvalue weighted by Crippen LogP contribution is 2.43. The summed E-state index contributed by atoms with van der Waals surface area (Å²) >= 11 is 0. The quantitative estimate of drug-likeness (QED) is 0.620. The number of benzene rings is 2. The SMILES string of the molecule is O=C(c1ccncc1)N1CC(=O)N2[C@H](CO)[C@@H](c3ccc(/C=C/c4ccccc4)cc3)[C@H]2C1. The minimum absolute atomic E-state index is 0.0147. The highest BCUT2D eigenvalue weighted by Gasteiger charge is 2.54. The number of rotatable bonds is 5. The molecular weight excluding hydrogens is 414 g/mol. The summed E-state index contributed by atoms with van der Waals surface area (Å²) in [5.74, 6) is -0.302. The molecule has 2 amide bonds. The van der Waals surface area contributed by atoms with Crippen LogP contribution in [0.15, 0.2) is 79.1 Å². The number of carbonyl (C=O) groups excluding carboxylic acids is 2. The maximum atomic E-state index is 12.9. The summed E-state index contributed by atoms with van der Waals surface area (Å²) in [6.07, 6.45) is 7.29.